The summed E-state index contributed by atoms with van der Waals surface area (Å²) in [4.78, 5) is 0. The number of halogens is 1. The number of nitrogens with zero attached hydrogens (tertiary/aromatic N) is 3. The molecule has 7 nitrogen and oxygen atoms in total. The molecule has 3 aromatic rings. The molecule has 0 atom stereocenters. The normalized spacial score (nSPS) is 16.6. The van der Waals surface area contributed by atoms with Crippen LogP contribution in [-0.4, -0.2) is 36.0 Å². The third-order valence-electron chi connectivity index (χ3n) is 4.63. The fraction of sp³-hybridized carbons (Fsp3) is 0.333. The van der Waals surface area contributed by atoms with E-state index in [2.05, 4.69) is 10.2 Å². The number of piperidine rings is 1. The van der Waals surface area contributed by atoms with Gasteiger partial charge in [0.15, 0.2) is 5.76 Å². The number of hydrogen-bond donors (Lipinski definition) is 0. The molecule has 0 N–H and O–H groups in total. The van der Waals surface area contributed by atoms with Gasteiger partial charge in [-0.3, -0.25) is 0 Å². The zero-order valence-corrected chi connectivity index (χ0v) is 15.2. The van der Waals surface area contributed by atoms with Gasteiger partial charge in [-0.2, -0.15) is 0 Å². The maximum absolute atomic E-state index is 13.0. The van der Waals surface area contributed by atoms with Crippen LogP contribution in [0.4, 0.5) is 4.39 Å². The van der Waals surface area contributed by atoms with Crippen molar-refractivity contribution in [3.8, 4) is 11.7 Å². The summed E-state index contributed by atoms with van der Waals surface area (Å²) in [5.74, 6) is 0.816. The van der Waals surface area contributed by atoms with E-state index in [-0.39, 0.29) is 17.5 Å². The Labute approximate surface area is 155 Å². The fourth-order valence-corrected chi connectivity index (χ4v) is 4.73. The van der Waals surface area contributed by atoms with Crippen LogP contribution in [0.2, 0.25) is 0 Å². The molecule has 3 heterocycles. The van der Waals surface area contributed by atoms with Gasteiger partial charge >= 0.3 is 0 Å². The van der Waals surface area contributed by atoms with Gasteiger partial charge in [-0.05, 0) is 42.7 Å². The van der Waals surface area contributed by atoms with E-state index in [1.54, 1.807) is 12.1 Å². The van der Waals surface area contributed by atoms with Gasteiger partial charge in [0.1, 0.15) is 5.82 Å². The van der Waals surface area contributed by atoms with E-state index in [9.17, 15) is 12.8 Å². The van der Waals surface area contributed by atoms with Gasteiger partial charge in [0.25, 0.3) is 5.89 Å². The van der Waals surface area contributed by atoms with Crippen LogP contribution in [0.15, 0.2) is 51.5 Å². The Balaban J connectivity index is 1.39. The van der Waals surface area contributed by atoms with Gasteiger partial charge < -0.3 is 8.83 Å². The number of furan rings is 1. The summed E-state index contributed by atoms with van der Waals surface area (Å²) in [5.41, 5.74) is 0.568. The van der Waals surface area contributed by atoms with Crippen molar-refractivity contribution in [2.45, 2.75) is 24.5 Å². The monoisotopic (exact) mass is 391 g/mol. The van der Waals surface area contributed by atoms with Crippen LogP contribution in [0.3, 0.4) is 0 Å². The van der Waals surface area contributed by atoms with Gasteiger partial charge in [0, 0.05) is 19.0 Å². The lowest BCUT2D eigenvalue weighted by atomic mass is 9.98. The quantitative estimate of drug-likeness (QED) is 0.664. The van der Waals surface area contributed by atoms with Crippen LogP contribution in [0, 0.1) is 5.82 Å². The third kappa shape index (κ3) is 3.93. The molecule has 27 heavy (non-hydrogen) atoms. The Kier molecular flexibility index (Phi) is 4.79. The second-order valence-electron chi connectivity index (χ2n) is 6.48. The fourth-order valence-electron chi connectivity index (χ4n) is 3.16. The second-order valence-corrected chi connectivity index (χ2v) is 8.45. The summed E-state index contributed by atoms with van der Waals surface area (Å²) in [7, 11) is -3.46. The zero-order chi connectivity index (χ0) is 18.9. The minimum atomic E-state index is -3.46. The van der Waals surface area contributed by atoms with Crippen LogP contribution in [0.1, 0.15) is 30.2 Å². The third-order valence-corrected chi connectivity index (χ3v) is 6.48. The first kappa shape index (κ1) is 17.9. The van der Waals surface area contributed by atoms with Crippen molar-refractivity contribution < 1.29 is 21.6 Å². The van der Waals surface area contributed by atoms with Crippen molar-refractivity contribution in [3.63, 3.8) is 0 Å². The maximum atomic E-state index is 13.0. The summed E-state index contributed by atoms with van der Waals surface area (Å²) in [6, 6.07) is 9.00. The van der Waals surface area contributed by atoms with Crippen molar-refractivity contribution in [2.75, 3.05) is 13.1 Å². The van der Waals surface area contributed by atoms with Gasteiger partial charge in [-0.25, -0.2) is 17.1 Å². The molecular weight excluding hydrogens is 373 g/mol. The van der Waals surface area contributed by atoms with Gasteiger partial charge in [0.2, 0.25) is 15.9 Å². The van der Waals surface area contributed by atoms with Crippen LogP contribution in [0.25, 0.3) is 11.7 Å². The molecule has 0 unspecified atom stereocenters. The SMILES string of the molecule is O=S(=O)(Cc1ccc(F)cc1)N1CCC(c2nnc(-c3ccco3)o2)CC1. The number of hydrogen-bond acceptors (Lipinski definition) is 6. The van der Waals surface area contributed by atoms with Crippen molar-refractivity contribution in [1.29, 1.82) is 0 Å². The van der Waals surface area contributed by atoms with Crippen molar-refractivity contribution >= 4 is 10.0 Å². The molecule has 0 radical (unpaired) electrons. The minimum absolute atomic E-state index is 0.0125. The standard InChI is InChI=1S/C18H18FN3O4S/c19-15-5-3-13(4-6-15)12-27(23,24)22-9-7-14(8-10-22)17-20-21-18(26-17)16-2-1-11-25-16/h1-6,11,14H,7-10,12H2. The lowest BCUT2D eigenvalue weighted by Crippen LogP contribution is -2.38. The maximum Gasteiger partial charge on any atom is 0.283 e. The van der Waals surface area contributed by atoms with Crippen molar-refractivity contribution in [2.24, 2.45) is 0 Å². The molecule has 0 saturated carbocycles. The first-order valence-electron chi connectivity index (χ1n) is 8.61. The van der Waals surface area contributed by atoms with Crippen LogP contribution in [0.5, 0.6) is 0 Å². The Morgan fingerprint density at radius 3 is 2.52 bits per heavy atom. The van der Waals surface area contributed by atoms with Gasteiger partial charge in [-0.15, -0.1) is 10.2 Å². The molecule has 0 amide bonds. The highest BCUT2D eigenvalue weighted by Gasteiger charge is 2.31. The van der Waals surface area contributed by atoms with Crippen LogP contribution >= 0.6 is 0 Å². The second kappa shape index (κ2) is 7.24. The average molecular weight is 391 g/mol. The van der Waals surface area contributed by atoms with Gasteiger partial charge in [-0.1, -0.05) is 12.1 Å². The minimum Gasteiger partial charge on any atom is -0.459 e. The first-order valence-corrected chi connectivity index (χ1v) is 10.2. The number of benzene rings is 1. The molecule has 0 bridgehead atoms. The van der Waals surface area contributed by atoms with E-state index < -0.39 is 10.0 Å². The van der Waals surface area contributed by atoms with Gasteiger partial charge in [0.05, 0.1) is 12.0 Å². The topological polar surface area (TPSA) is 89.4 Å². The van der Waals surface area contributed by atoms with Crippen molar-refractivity contribution in [3.05, 3.63) is 59.9 Å². The molecule has 1 aromatic carbocycles. The Hall–Kier alpha value is -2.52. The summed E-state index contributed by atoms with van der Waals surface area (Å²) in [5, 5.41) is 8.07. The zero-order valence-electron chi connectivity index (χ0n) is 14.4. The molecule has 1 saturated heterocycles. The molecule has 0 aliphatic carbocycles. The summed E-state index contributed by atoms with van der Waals surface area (Å²) in [6.45, 7) is 0.763. The molecule has 1 aliphatic heterocycles. The molecule has 4 rings (SSSR count). The highest BCUT2D eigenvalue weighted by Crippen LogP contribution is 2.30. The smallest absolute Gasteiger partial charge is 0.283 e. The molecule has 142 valence electrons. The largest absolute Gasteiger partial charge is 0.459 e. The molecule has 1 fully saturated rings. The predicted molar refractivity (Wildman–Crippen MR) is 94.6 cm³/mol. The highest BCUT2D eigenvalue weighted by atomic mass is 32.2. The first-order chi connectivity index (χ1) is 13.0. The molecule has 2 aromatic heterocycles. The number of rotatable bonds is 5. The van der Waals surface area contributed by atoms with E-state index in [1.807, 2.05) is 0 Å². The molecular formula is C18H18FN3O4S. The lowest BCUT2D eigenvalue weighted by molar-refractivity contribution is 0.290. The van der Waals surface area contributed by atoms with Crippen LogP contribution < -0.4 is 0 Å². The Bertz CT molecular complexity index is 992. The average Bonchev–Trinajstić information content (AvgIpc) is 3.35. The summed E-state index contributed by atoms with van der Waals surface area (Å²) >= 11 is 0. The highest BCUT2D eigenvalue weighted by molar-refractivity contribution is 7.88. The van der Waals surface area contributed by atoms with E-state index in [0.717, 1.165) is 0 Å². The van der Waals surface area contributed by atoms with Crippen LogP contribution in [-0.2, 0) is 15.8 Å². The molecule has 0 spiro atoms. The number of sulfonamides is 1. The van der Waals surface area contributed by atoms with Crippen molar-refractivity contribution in [1.82, 2.24) is 14.5 Å². The Morgan fingerprint density at radius 1 is 1.11 bits per heavy atom. The van der Waals surface area contributed by atoms with E-state index in [0.29, 0.717) is 49.0 Å². The summed E-state index contributed by atoms with van der Waals surface area (Å²) < 4.78 is 50.6. The number of aromatic nitrogens is 2. The summed E-state index contributed by atoms with van der Waals surface area (Å²) in [6.07, 6.45) is 2.73. The molecule has 9 heteroatoms. The Morgan fingerprint density at radius 2 is 1.85 bits per heavy atom. The predicted octanol–water partition coefficient (Wildman–Crippen LogP) is 3.18. The lowest BCUT2D eigenvalue weighted by Gasteiger charge is -2.29. The van der Waals surface area contributed by atoms with E-state index in [4.69, 9.17) is 8.83 Å². The van der Waals surface area contributed by atoms with E-state index >= 15 is 0 Å². The van der Waals surface area contributed by atoms with E-state index in [1.165, 1.54) is 34.8 Å². The molecule has 1 aliphatic rings.